The van der Waals surface area contributed by atoms with E-state index in [1.807, 2.05) is 18.2 Å². The van der Waals surface area contributed by atoms with Crippen LogP contribution in [0.3, 0.4) is 0 Å². The Morgan fingerprint density at radius 1 is 1.59 bits per heavy atom. The van der Waals surface area contributed by atoms with Crippen molar-refractivity contribution in [2.45, 2.75) is 18.6 Å². The minimum Gasteiger partial charge on any atom is -0.465 e. The van der Waals surface area contributed by atoms with Crippen LogP contribution in [-0.4, -0.2) is 18.6 Å². The number of rotatable bonds is 4. The fraction of sp³-hybridized carbons (Fsp3) is 0.364. The molecule has 0 amide bonds. The van der Waals surface area contributed by atoms with Crippen LogP contribution < -0.4 is 5.32 Å². The molecule has 88 valence electrons. The number of carbonyl (C=O) groups is 1. The molecule has 1 saturated heterocycles. The first-order chi connectivity index (χ1) is 8.24. The van der Waals surface area contributed by atoms with E-state index in [0.29, 0.717) is 6.61 Å². The van der Waals surface area contributed by atoms with Crippen molar-refractivity contribution in [1.82, 2.24) is 5.32 Å². The maximum Gasteiger partial charge on any atom is 0.325 e. The molecule has 0 aliphatic carbocycles. The summed E-state index contributed by atoms with van der Waals surface area (Å²) in [5.41, 5.74) is 8.38. The zero-order valence-corrected chi connectivity index (χ0v) is 9.33. The molecule has 2 atom stereocenters. The number of nitrogens with zero attached hydrogens (tertiary/aromatic N) is 3. The molecule has 17 heavy (non-hydrogen) atoms. The van der Waals surface area contributed by atoms with Gasteiger partial charge in [0, 0.05) is 4.91 Å². The third kappa shape index (κ3) is 1.95. The highest BCUT2D eigenvalue weighted by Gasteiger charge is 2.60. The molecule has 6 heteroatoms. The molecule has 0 radical (unpaired) electrons. The molecule has 1 aliphatic heterocycles. The fourth-order valence-electron chi connectivity index (χ4n) is 1.79. The molecule has 1 heterocycles. The second kappa shape index (κ2) is 4.45. The highest BCUT2D eigenvalue weighted by Crippen LogP contribution is 2.40. The van der Waals surface area contributed by atoms with E-state index < -0.39 is 17.7 Å². The van der Waals surface area contributed by atoms with Crippen molar-refractivity contribution in [3.63, 3.8) is 0 Å². The number of esters is 1. The smallest absolute Gasteiger partial charge is 0.325 e. The second-order valence-electron chi connectivity index (χ2n) is 3.65. The Morgan fingerprint density at radius 2 is 2.29 bits per heavy atom. The molecular formula is C11H12N4O2. The average Bonchev–Trinajstić information content (AvgIpc) is 3.07. The summed E-state index contributed by atoms with van der Waals surface area (Å²) in [5.74, 6) is -0.399. The normalized spacial score (nSPS) is 25.8. The fourth-order valence-corrected chi connectivity index (χ4v) is 1.79. The molecule has 1 aromatic carbocycles. The van der Waals surface area contributed by atoms with Gasteiger partial charge in [-0.05, 0) is 18.0 Å². The third-order valence-corrected chi connectivity index (χ3v) is 2.64. The van der Waals surface area contributed by atoms with Gasteiger partial charge in [0.2, 0.25) is 0 Å². The number of carbonyl (C=O) groups excluding carboxylic acids is 1. The Bertz CT molecular complexity index is 470. The SMILES string of the molecule is CCOC(=O)C1NC1(N=[N+]=[N-])c1ccccc1. The molecular weight excluding hydrogens is 220 g/mol. The molecule has 0 bridgehead atoms. The predicted octanol–water partition coefficient (Wildman–Crippen LogP) is 1.68. The highest BCUT2D eigenvalue weighted by molar-refractivity contribution is 5.82. The van der Waals surface area contributed by atoms with Gasteiger partial charge in [0.05, 0.1) is 6.61 Å². The van der Waals surface area contributed by atoms with E-state index in [2.05, 4.69) is 15.3 Å². The third-order valence-electron chi connectivity index (χ3n) is 2.64. The van der Waals surface area contributed by atoms with Gasteiger partial charge in [0.25, 0.3) is 0 Å². The number of nitrogens with one attached hydrogen (secondary N) is 1. The predicted molar refractivity (Wildman–Crippen MR) is 60.8 cm³/mol. The number of azide groups is 1. The van der Waals surface area contributed by atoms with Crippen LogP contribution in [0.5, 0.6) is 0 Å². The molecule has 1 fully saturated rings. The van der Waals surface area contributed by atoms with E-state index in [-0.39, 0.29) is 0 Å². The standard InChI is InChI=1S/C11H12N4O2/c1-2-17-10(16)9-11(13-9,14-15-12)8-6-4-3-5-7-8/h3-7,9,13H,2H2,1H3. The van der Waals surface area contributed by atoms with Gasteiger partial charge in [-0.15, -0.1) is 0 Å². The highest BCUT2D eigenvalue weighted by atomic mass is 16.5. The van der Waals surface area contributed by atoms with E-state index in [1.54, 1.807) is 19.1 Å². The van der Waals surface area contributed by atoms with Crippen LogP contribution in [-0.2, 0) is 15.2 Å². The average molecular weight is 232 g/mol. The van der Waals surface area contributed by atoms with Crippen LogP contribution in [0, 0.1) is 0 Å². The Morgan fingerprint density at radius 3 is 2.88 bits per heavy atom. The van der Waals surface area contributed by atoms with Crippen molar-refractivity contribution in [3.8, 4) is 0 Å². The molecule has 1 N–H and O–H groups in total. The number of benzene rings is 1. The first-order valence-corrected chi connectivity index (χ1v) is 5.30. The lowest BCUT2D eigenvalue weighted by Gasteiger charge is -2.08. The molecule has 1 aromatic rings. The molecule has 2 unspecified atom stereocenters. The second-order valence-corrected chi connectivity index (χ2v) is 3.65. The first-order valence-electron chi connectivity index (χ1n) is 5.30. The van der Waals surface area contributed by atoms with Gasteiger partial charge in [0.1, 0.15) is 6.04 Å². The van der Waals surface area contributed by atoms with Crippen LogP contribution in [0.2, 0.25) is 0 Å². The monoisotopic (exact) mass is 232 g/mol. The summed E-state index contributed by atoms with van der Waals surface area (Å²) in [4.78, 5) is 14.4. The van der Waals surface area contributed by atoms with E-state index in [9.17, 15) is 4.79 Å². The minimum absolute atomic E-state index is 0.304. The van der Waals surface area contributed by atoms with E-state index in [0.717, 1.165) is 5.56 Å². The summed E-state index contributed by atoms with van der Waals surface area (Å²) in [6, 6.07) is 8.52. The van der Waals surface area contributed by atoms with Crippen LogP contribution >= 0.6 is 0 Å². The van der Waals surface area contributed by atoms with Gasteiger partial charge in [-0.1, -0.05) is 35.4 Å². The quantitative estimate of drug-likeness (QED) is 0.281. The van der Waals surface area contributed by atoms with Gasteiger partial charge in [-0.3, -0.25) is 10.1 Å². The van der Waals surface area contributed by atoms with Gasteiger partial charge < -0.3 is 4.74 Å². The van der Waals surface area contributed by atoms with Gasteiger partial charge in [-0.25, -0.2) is 0 Å². The number of hydrogen-bond donors (Lipinski definition) is 1. The minimum atomic E-state index is -0.984. The Labute approximate surface area is 98.2 Å². The molecule has 1 aliphatic rings. The van der Waals surface area contributed by atoms with Crippen molar-refractivity contribution in [2.75, 3.05) is 6.61 Å². The van der Waals surface area contributed by atoms with E-state index in [4.69, 9.17) is 10.3 Å². The Hall–Kier alpha value is -2.04. The maximum atomic E-state index is 11.6. The van der Waals surface area contributed by atoms with Crippen LogP contribution in [0.1, 0.15) is 12.5 Å². The maximum absolute atomic E-state index is 11.6. The lowest BCUT2D eigenvalue weighted by Crippen LogP contribution is -2.19. The Balaban J connectivity index is 2.27. The van der Waals surface area contributed by atoms with Crippen LogP contribution in [0.15, 0.2) is 35.4 Å². The summed E-state index contributed by atoms with van der Waals surface area (Å²) >= 11 is 0. The van der Waals surface area contributed by atoms with Crippen molar-refractivity contribution >= 4 is 5.97 Å². The van der Waals surface area contributed by atoms with Crippen LogP contribution in [0.4, 0.5) is 0 Å². The Kier molecular flexibility index (Phi) is 2.99. The molecule has 0 aromatic heterocycles. The van der Waals surface area contributed by atoms with Gasteiger partial charge in [-0.2, -0.15) is 0 Å². The molecule has 6 nitrogen and oxygen atoms in total. The summed E-state index contributed by atoms with van der Waals surface area (Å²) in [6.07, 6.45) is 0. The summed E-state index contributed by atoms with van der Waals surface area (Å²) in [7, 11) is 0. The zero-order chi connectivity index (χ0) is 12.3. The molecule has 0 spiro atoms. The van der Waals surface area contributed by atoms with Crippen molar-refractivity contribution in [1.29, 1.82) is 0 Å². The topological polar surface area (TPSA) is 97.0 Å². The number of hydrogen-bond acceptors (Lipinski definition) is 4. The summed E-state index contributed by atoms with van der Waals surface area (Å²) in [5, 5.41) is 6.58. The van der Waals surface area contributed by atoms with Crippen molar-refractivity contribution in [3.05, 3.63) is 46.3 Å². The first kappa shape index (κ1) is 11.4. The lowest BCUT2D eigenvalue weighted by atomic mass is 10.0. The summed E-state index contributed by atoms with van der Waals surface area (Å²) < 4.78 is 4.90. The van der Waals surface area contributed by atoms with Gasteiger partial charge >= 0.3 is 5.97 Å². The van der Waals surface area contributed by atoms with E-state index >= 15 is 0 Å². The van der Waals surface area contributed by atoms with Crippen LogP contribution in [0.25, 0.3) is 10.4 Å². The molecule has 2 rings (SSSR count). The van der Waals surface area contributed by atoms with Gasteiger partial charge in [0.15, 0.2) is 5.66 Å². The zero-order valence-electron chi connectivity index (χ0n) is 9.33. The number of ether oxygens (including phenoxy) is 1. The summed E-state index contributed by atoms with van der Waals surface area (Å²) in [6.45, 7) is 2.04. The van der Waals surface area contributed by atoms with Crippen molar-refractivity contribution < 1.29 is 9.53 Å². The van der Waals surface area contributed by atoms with Crippen molar-refractivity contribution in [2.24, 2.45) is 5.11 Å². The largest absolute Gasteiger partial charge is 0.465 e. The van der Waals surface area contributed by atoms with E-state index in [1.165, 1.54) is 0 Å². The lowest BCUT2D eigenvalue weighted by molar-refractivity contribution is -0.142. The molecule has 0 saturated carbocycles.